The normalized spacial score (nSPS) is 19.0. The van der Waals surface area contributed by atoms with Crippen LogP contribution in [0.4, 0.5) is 5.69 Å². The van der Waals surface area contributed by atoms with Crippen molar-refractivity contribution in [2.45, 2.75) is 25.3 Å². The molecular weight excluding hydrogens is 262 g/mol. The molecule has 0 bridgehead atoms. The van der Waals surface area contributed by atoms with Crippen LogP contribution in [0.3, 0.4) is 0 Å². The molecule has 0 saturated carbocycles. The first-order chi connectivity index (χ1) is 9.15. The number of piperidine rings is 1. The Bertz CT molecular complexity index is 493. The number of methoxy groups -OCH3 is 1. The number of esters is 1. The monoisotopic (exact) mass is 279 g/mol. The third-order valence-electron chi connectivity index (χ3n) is 3.35. The summed E-state index contributed by atoms with van der Waals surface area (Å²) >= 11 is 5.06. The summed E-state index contributed by atoms with van der Waals surface area (Å²) in [5.41, 5.74) is 7.30. The first kappa shape index (κ1) is 13.7. The van der Waals surface area contributed by atoms with Crippen LogP contribution in [-0.4, -0.2) is 35.6 Å². The van der Waals surface area contributed by atoms with Crippen molar-refractivity contribution in [1.82, 2.24) is 4.98 Å². The Morgan fingerprint density at radius 1 is 1.58 bits per heavy atom. The van der Waals surface area contributed by atoms with Crippen molar-refractivity contribution in [2.75, 3.05) is 18.6 Å². The molecule has 1 aromatic rings. The highest BCUT2D eigenvalue weighted by molar-refractivity contribution is 7.80. The highest BCUT2D eigenvalue weighted by Gasteiger charge is 2.31. The Labute approximate surface area is 117 Å². The topological polar surface area (TPSA) is 68.5 Å². The van der Waals surface area contributed by atoms with Crippen LogP contribution in [0, 0.1) is 0 Å². The van der Waals surface area contributed by atoms with Gasteiger partial charge < -0.3 is 15.4 Å². The van der Waals surface area contributed by atoms with Crippen molar-refractivity contribution >= 4 is 28.9 Å². The largest absolute Gasteiger partial charge is 0.467 e. The number of nitrogens with two attached hydrogens (primary N) is 1. The van der Waals surface area contributed by atoms with Gasteiger partial charge in [0, 0.05) is 18.3 Å². The molecule has 5 nitrogen and oxygen atoms in total. The van der Waals surface area contributed by atoms with E-state index in [0.717, 1.165) is 37.1 Å². The molecule has 1 aromatic heterocycles. The maximum Gasteiger partial charge on any atom is 0.328 e. The number of aromatic nitrogens is 1. The SMILES string of the molecule is COC(=O)C1CCCCN1c1cnccc1C(N)=S. The van der Waals surface area contributed by atoms with E-state index in [9.17, 15) is 4.79 Å². The number of thiocarbonyl (C=S) groups is 1. The standard InChI is InChI=1S/C13H17N3O2S/c1-18-13(17)10-4-2-3-7-16(10)11-8-15-6-5-9(11)12(14)19/h5-6,8,10H,2-4,7H2,1H3,(H2,14,19). The van der Waals surface area contributed by atoms with E-state index in [1.54, 1.807) is 18.5 Å². The fourth-order valence-corrected chi connectivity index (χ4v) is 2.60. The number of nitrogens with zero attached hydrogens (tertiary/aromatic N) is 2. The number of carbonyl (C=O) groups is 1. The molecular formula is C13H17N3O2S. The second kappa shape index (κ2) is 5.97. The summed E-state index contributed by atoms with van der Waals surface area (Å²) in [5, 5.41) is 0. The number of ether oxygens (including phenoxy) is 1. The van der Waals surface area contributed by atoms with Gasteiger partial charge in [-0.3, -0.25) is 4.98 Å². The molecule has 0 amide bonds. The van der Waals surface area contributed by atoms with Gasteiger partial charge in [-0.2, -0.15) is 0 Å². The third kappa shape index (κ3) is 2.84. The zero-order chi connectivity index (χ0) is 13.8. The molecule has 1 fully saturated rings. The van der Waals surface area contributed by atoms with E-state index in [1.807, 2.05) is 4.90 Å². The van der Waals surface area contributed by atoms with Crippen molar-refractivity contribution in [3.05, 3.63) is 24.0 Å². The van der Waals surface area contributed by atoms with Gasteiger partial charge in [-0.15, -0.1) is 0 Å². The number of pyridine rings is 1. The molecule has 1 atom stereocenters. The lowest BCUT2D eigenvalue weighted by Crippen LogP contribution is -2.46. The number of hydrogen-bond acceptors (Lipinski definition) is 5. The maximum atomic E-state index is 11.9. The zero-order valence-corrected chi connectivity index (χ0v) is 11.7. The van der Waals surface area contributed by atoms with Gasteiger partial charge in [-0.05, 0) is 25.3 Å². The van der Waals surface area contributed by atoms with Gasteiger partial charge in [-0.1, -0.05) is 12.2 Å². The van der Waals surface area contributed by atoms with E-state index in [2.05, 4.69) is 4.98 Å². The van der Waals surface area contributed by atoms with Gasteiger partial charge in [0.15, 0.2) is 0 Å². The summed E-state index contributed by atoms with van der Waals surface area (Å²) in [6.45, 7) is 0.779. The van der Waals surface area contributed by atoms with Crippen LogP contribution in [0.2, 0.25) is 0 Å². The first-order valence-electron chi connectivity index (χ1n) is 6.23. The van der Waals surface area contributed by atoms with Gasteiger partial charge >= 0.3 is 5.97 Å². The van der Waals surface area contributed by atoms with E-state index in [-0.39, 0.29) is 12.0 Å². The van der Waals surface area contributed by atoms with Crippen molar-refractivity contribution in [2.24, 2.45) is 5.73 Å². The zero-order valence-electron chi connectivity index (χ0n) is 10.8. The van der Waals surface area contributed by atoms with Crippen LogP contribution < -0.4 is 10.6 Å². The lowest BCUT2D eigenvalue weighted by Gasteiger charge is -2.36. The first-order valence-corrected chi connectivity index (χ1v) is 6.64. The van der Waals surface area contributed by atoms with Crippen LogP contribution in [0.5, 0.6) is 0 Å². The van der Waals surface area contributed by atoms with E-state index < -0.39 is 0 Å². The molecule has 1 aliphatic rings. The molecule has 2 N–H and O–H groups in total. The van der Waals surface area contributed by atoms with Gasteiger partial charge in [0.2, 0.25) is 0 Å². The lowest BCUT2D eigenvalue weighted by molar-refractivity contribution is -0.142. The number of carbonyl (C=O) groups excluding carboxylic acids is 1. The van der Waals surface area contributed by atoms with E-state index >= 15 is 0 Å². The summed E-state index contributed by atoms with van der Waals surface area (Å²) in [7, 11) is 1.41. The summed E-state index contributed by atoms with van der Waals surface area (Å²) in [4.78, 5) is 18.3. The molecule has 0 aliphatic carbocycles. The quantitative estimate of drug-likeness (QED) is 0.663. The van der Waals surface area contributed by atoms with E-state index in [4.69, 9.17) is 22.7 Å². The summed E-state index contributed by atoms with van der Waals surface area (Å²) in [6.07, 6.45) is 6.17. The molecule has 0 radical (unpaired) electrons. The molecule has 1 saturated heterocycles. The minimum atomic E-state index is -0.281. The van der Waals surface area contributed by atoms with Crippen LogP contribution in [-0.2, 0) is 9.53 Å². The average molecular weight is 279 g/mol. The van der Waals surface area contributed by atoms with Gasteiger partial charge in [0.05, 0.1) is 19.0 Å². The maximum absolute atomic E-state index is 11.9. The van der Waals surface area contributed by atoms with E-state index in [1.165, 1.54) is 7.11 Å². The minimum Gasteiger partial charge on any atom is -0.467 e. The highest BCUT2D eigenvalue weighted by Crippen LogP contribution is 2.27. The third-order valence-corrected chi connectivity index (χ3v) is 3.57. The molecule has 1 unspecified atom stereocenters. The van der Waals surface area contributed by atoms with Crippen molar-refractivity contribution in [3.63, 3.8) is 0 Å². The Morgan fingerprint density at radius 2 is 2.37 bits per heavy atom. The average Bonchev–Trinajstić information content (AvgIpc) is 2.46. The molecule has 102 valence electrons. The van der Waals surface area contributed by atoms with Crippen molar-refractivity contribution in [1.29, 1.82) is 0 Å². The minimum absolute atomic E-state index is 0.225. The Morgan fingerprint density at radius 3 is 3.05 bits per heavy atom. The summed E-state index contributed by atoms with van der Waals surface area (Å²) < 4.78 is 4.88. The molecule has 6 heteroatoms. The molecule has 0 spiro atoms. The van der Waals surface area contributed by atoms with Gasteiger partial charge in [0.25, 0.3) is 0 Å². The Hall–Kier alpha value is -1.69. The summed E-state index contributed by atoms with van der Waals surface area (Å²) in [5.74, 6) is -0.225. The van der Waals surface area contributed by atoms with Crippen LogP contribution in [0.25, 0.3) is 0 Å². The second-order valence-electron chi connectivity index (χ2n) is 4.49. The second-order valence-corrected chi connectivity index (χ2v) is 4.93. The van der Waals surface area contributed by atoms with Crippen LogP contribution in [0.15, 0.2) is 18.5 Å². The molecule has 2 heterocycles. The Kier molecular flexibility index (Phi) is 4.31. The molecule has 1 aliphatic heterocycles. The molecule has 2 rings (SSSR count). The fraction of sp³-hybridized carbons (Fsp3) is 0.462. The lowest BCUT2D eigenvalue weighted by atomic mass is 10.0. The summed E-state index contributed by atoms with van der Waals surface area (Å²) in [6, 6.07) is 1.50. The highest BCUT2D eigenvalue weighted by atomic mass is 32.1. The number of anilines is 1. The van der Waals surface area contributed by atoms with Crippen LogP contribution in [0.1, 0.15) is 24.8 Å². The predicted molar refractivity (Wildman–Crippen MR) is 77.1 cm³/mol. The number of rotatable bonds is 3. The predicted octanol–water partition coefficient (Wildman–Crippen LogP) is 1.25. The number of hydrogen-bond donors (Lipinski definition) is 1. The molecule has 0 aromatic carbocycles. The van der Waals surface area contributed by atoms with E-state index in [0.29, 0.717) is 4.99 Å². The van der Waals surface area contributed by atoms with Crippen LogP contribution >= 0.6 is 12.2 Å². The smallest absolute Gasteiger partial charge is 0.328 e. The van der Waals surface area contributed by atoms with Gasteiger partial charge in [0.1, 0.15) is 11.0 Å². The van der Waals surface area contributed by atoms with Crippen molar-refractivity contribution < 1.29 is 9.53 Å². The fourth-order valence-electron chi connectivity index (χ4n) is 2.42. The Balaban J connectivity index is 2.37. The molecule has 19 heavy (non-hydrogen) atoms. The van der Waals surface area contributed by atoms with Gasteiger partial charge in [-0.25, -0.2) is 4.79 Å². The van der Waals surface area contributed by atoms with Crippen molar-refractivity contribution in [3.8, 4) is 0 Å².